The third-order valence-corrected chi connectivity index (χ3v) is 3.99. The van der Waals surface area contributed by atoms with E-state index >= 15 is 0 Å². The van der Waals surface area contributed by atoms with Gasteiger partial charge in [0.15, 0.2) is 0 Å². The van der Waals surface area contributed by atoms with Crippen LogP contribution in [-0.2, 0) is 25.6 Å². The smallest absolute Gasteiger partial charge is 0.293 e. The van der Waals surface area contributed by atoms with Crippen molar-refractivity contribution < 1.29 is 23.7 Å². The third-order valence-electron chi connectivity index (χ3n) is 3.99. The van der Waals surface area contributed by atoms with Crippen molar-refractivity contribution in [3.63, 3.8) is 0 Å². The predicted octanol–water partition coefficient (Wildman–Crippen LogP) is 3.69. The van der Waals surface area contributed by atoms with Crippen LogP contribution in [0.25, 0.3) is 11.1 Å². The molecule has 0 aliphatic rings. The monoisotopic (exact) mass is 358 g/mol. The Balaban J connectivity index is 2.13. The molecule has 26 heavy (non-hydrogen) atoms. The van der Waals surface area contributed by atoms with Crippen molar-refractivity contribution in [2.75, 3.05) is 33.5 Å². The molecule has 0 unspecified atom stereocenters. The molecule has 2 rings (SSSR count). The summed E-state index contributed by atoms with van der Waals surface area (Å²) in [6, 6.07) is 12.3. The van der Waals surface area contributed by atoms with Crippen molar-refractivity contribution in [3.05, 3.63) is 53.1 Å². The van der Waals surface area contributed by atoms with E-state index in [0.29, 0.717) is 38.6 Å². The van der Waals surface area contributed by atoms with E-state index < -0.39 is 0 Å². The summed E-state index contributed by atoms with van der Waals surface area (Å²) < 4.78 is 21.1. The molecule has 0 amide bonds. The quantitative estimate of drug-likeness (QED) is 0.453. The fourth-order valence-electron chi connectivity index (χ4n) is 2.63. The number of benzene rings is 2. The second-order valence-corrected chi connectivity index (χ2v) is 6.00. The highest BCUT2D eigenvalue weighted by molar-refractivity contribution is 5.69. The topological polar surface area (TPSA) is 54.0 Å². The summed E-state index contributed by atoms with van der Waals surface area (Å²) in [5.41, 5.74) is 5.45. The highest BCUT2D eigenvalue weighted by atomic mass is 16.5. The standard InChI is InChI=1S/C21H26O5/c1-16-4-5-17(2)20(12-16)18-6-7-21(19(13-18)14-25-15-22)26-11-10-24-9-8-23-3/h4-7,12-13,15H,8-11,14H2,1-3H3. The molecule has 140 valence electrons. The molecule has 0 heterocycles. The van der Waals surface area contributed by atoms with Gasteiger partial charge in [0.05, 0.1) is 19.8 Å². The molecule has 0 aliphatic carbocycles. The average Bonchev–Trinajstić information content (AvgIpc) is 2.65. The zero-order chi connectivity index (χ0) is 18.8. The maximum absolute atomic E-state index is 10.6. The van der Waals surface area contributed by atoms with Crippen molar-refractivity contribution in [1.82, 2.24) is 0 Å². The summed E-state index contributed by atoms with van der Waals surface area (Å²) in [4.78, 5) is 10.6. The van der Waals surface area contributed by atoms with Gasteiger partial charge in [-0.3, -0.25) is 4.79 Å². The Hall–Kier alpha value is -2.37. The summed E-state index contributed by atoms with van der Waals surface area (Å²) in [6.45, 7) is 6.75. The van der Waals surface area contributed by atoms with Gasteiger partial charge in [-0.2, -0.15) is 0 Å². The lowest BCUT2D eigenvalue weighted by Gasteiger charge is -2.14. The van der Waals surface area contributed by atoms with E-state index in [1.807, 2.05) is 18.2 Å². The third kappa shape index (κ3) is 5.86. The van der Waals surface area contributed by atoms with Crippen molar-refractivity contribution in [1.29, 1.82) is 0 Å². The molecule has 0 atom stereocenters. The molecule has 2 aromatic rings. The Labute approximate surface area is 154 Å². The van der Waals surface area contributed by atoms with Crippen molar-refractivity contribution >= 4 is 6.47 Å². The Morgan fingerprint density at radius 2 is 1.77 bits per heavy atom. The summed E-state index contributed by atoms with van der Waals surface area (Å²) in [7, 11) is 1.64. The van der Waals surface area contributed by atoms with Crippen LogP contribution in [-0.4, -0.2) is 40.0 Å². The Morgan fingerprint density at radius 3 is 2.54 bits per heavy atom. The van der Waals surface area contributed by atoms with Crippen LogP contribution in [0.3, 0.4) is 0 Å². The van der Waals surface area contributed by atoms with Gasteiger partial charge >= 0.3 is 0 Å². The van der Waals surface area contributed by atoms with Crippen molar-refractivity contribution in [2.24, 2.45) is 0 Å². The number of carbonyl (C=O) groups excluding carboxylic acids is 1. The van der Waals surface area contributed by atoms with E-state index in [0.717, 1.165) is 16.7 Å². The first-order valence-electron chi connectivity index (χ1n) is 8.61. The lowest BCUT2D eigenvalue weighted by atomic mass is 9.97. The van der Waals surface area contributed by atoms with Crippen LogP contribution >= 0.6 is 0 Å². The second-order valence-electron chi connectivity index (χ2n) is 6.00. The zero-order valence-electron chi connectivity index (χ0n) is 15.6. The summed E-state index contributed by atoms with van der Waals surface area (Å²) in [6.07, 6.45) is 0. The lowest BCUT2D eigenvalue weighted by Crippen LogP contribution is -2.11. The molecule has 0 spiro atoms. The van der Waals surface area contributed by atoms with Gasteiger partial charge < -0.3 is 18.9 Å². The average molecular weight is 358 g/mol. The molecule has 2 aromatic carbocycles. The highest BCUT2D eigenvalue weighted by Gasteiger charge is 2.09. The van der Waals surface area contributed by atoms with Crippen LogP contribution in [0.4, 0.5) is 0 Å². The number of hydrogen-bond donors (Lipinski definition) is 0. The van der Waals surface area contributed by atoms with Gasteiger partial charge in [0.25, 0.3) is 6.47 Å². The molecular weight excluding hydrogens is 332 g/mol. The van der Waals surface area contributed by atoms with Crippen LogP contribution < -0.4 is 4.74 Å². The SMILES string of the molecule is COCCOCCOc1ccc(-c2cc(C)ccc2C)cc1COC=O. The number of rotatable bonds is 11. The molecule has 0 fully saturated rings. The van der Waals surface area contributed by atoms with E-state index in [9.17, 15) is 4.79 Å². The number of ether oxygens (including phenoxy) is 4. The Morgan fingerprint density at radius 1 is 0.962 bits per heavy atom. The van der Waals surface area contributed by atoms with Crippen molar-refractivity contribution in [3.8, 4) is 16.9 Å². The van der Waals surface area contributed by atoms with E-state index in [2.05, 4.69) is 32.0 Å². The normalized spacial score (nSPS) is 10.6. The molecule has 0 N–H and O–H groups in total. The number of methoxy groups -OCH3 is 1. The van der Waals surface area contributed by atoms with Crippen LogP contribution in [0.5, 0.6) is 5.75 Å². The van der Waals surface area contributed by atoms with Crippen LogP contribution in [0.1, 0.15) is 16.7 Å². The molecule has 0 saturated carbocycles. The van der Waals surface area contributed by atoms with Gasteiger partial charge in [-0.05, 0) is 42.7 Å². The molecule has 5 heteroatoms. The van der Waals surface area contributed by atoms with Gasteiger partial charge in [0.2, 0.25) is 0 Å². The summed E-state index contributed by atoms with van der Waals surface area (Å²) >= 11 is 0. The second kappa shape index (κ2) is 10.6. The van der Waals surface area contributed by atoms with Gasteiger partial charge in [-0.1, -0.05) is 29.8 Å². The largest absolute Gasteiger partial charge is 0.491 e. The fourth-order valence-corrected chi connectivity index (χ4v) is 2.63. The van der Waals surface area contributed by atoms with E-state index in [4.69, 9.17) is 18.9 Å². The fraction of sp³-hybridized carbons (Fsp3) is 0.381. The molecule has 0 aromatic heterocycles. The molecule has 0 saturated heterocycles. The highest BCUT2D eigenvalue weighted by Crippen LogP contribution is 2.30. The van der Waals surface area contributed by atoms with Crippen LogP contribution in [0.15, 0.2) is 36.4 Å². The molecule has 0 bridgehead atoms. The van der Waals surface area contributed by atoms with Gasteiger partial charge in [0.1, 0.15) is 19.0 Å². The first-order chi connectivity index (χ1) is 12.7. The van der Waals surface area contributed by atoms with Crippen molar-refractivity contribution in [2.45, 2.75) is 20.5 Å². The molecule has 0 aliphatic heterocycles. The van der Waals surface area contributed by atoms with Crippen LogP contribution in [0.2, 0.25) is 0 Å². The van der Waals surface area contributed by atoms with Gasteiger partial charge in [0, 0.05) is 12.7 Å². The maximum Gasteiger partial charge on any atom is 0.293 e. The minimum atomic E-state index is 0.169. The van der Waals surface area contributed by atoms with Gasteiger partial charge in [-0.25, -0.2) is 0 Å². The maximum atomic E-state index is 10.6. The number of hydrogen-bond acceptors (Lipinski definition) is 5. The Bertz CT molecular complexity index is 712. The molecule has 0 radical (unpaired) electrons. The lowest BCUT2D eigenvalue weighted by molar-refractivity contribution is -0.129. The predicted molar refractivity (Wildman–Crippen MR) is 100 cm³/mol. The zero-order valence-corrected chi connectivity index (χ0v) is 15.6. The number of aryl methyl sites for hydroxylation is 2. The summed E-state index contributed by atoms with van der Waals surface area (Å²) in [5, 5.41) is 0. The van der Waals surface area contributed by atoms with E-state index in [1.54, 1.807) is 7.11 Å². The minimum absolute atomic E-state index is 0.169. The summed E-state index contributed by atoms with van der Waals surface area (Å²) in [5.74, 6) is 0.691. The number of carbonyl (C=O) groups is 1. The minimum Gasteiger partial charge on any atom is -0.491 e. The first-order valence-corrected chi connectivity index (χ1v) is 8.61. The van der Waals surface area contributed by atoms with E-state index in [1.165, 1.54) is 11.1 Å². The van der Waals surface area contributed by atoms with Crippen LogP contribution in [0, 0.1) is 13.8 Å². The van der Waals surface area contributed by atoms with E-state index in [-0.39, 0.29) is 6.61 Å². The van der Waals surface area contributed by atoms with Gasteiger partial charge in [-0.15, -0.1) is 0 Å². The Kier molecular flexibility index (Phi) is 8.12. The first kappa shape index (κ1) is 19.9. The molecule has 5 nitrogen and oxygen atoms in total. The molecular formula is C21H26O5.